The summed E-state index contributed by atoms with van der Waals surface area (Å²) >= 11 is 0. The van der Waals surface area contributed by atoms with E-state index in [1.54, 1.807) is 31.7 Å². The van der Waals surface area contributed by atoms with Crippen molar-refractivity contribution in [3.05, 3.63) is 101 Å². The minimum Gasteiger partial charge on any atom is -0.369 e. The van der Waals surface area contributed by atoms with Crippen LogP contribution in [-0.2, 0) is 16.0 Å². The number of carbonyl (C=O) groups is 3. The normalized spacial score (nSPS) is 15.1. The highest BCUT2D eigenvalue weighted by Gasteiger charge is 2.32. The van der Waals surface area contributed by atoms with Gasteiger partial charge in [0.2, 0.25) is 11.8 Å². The Morgan fingerprint density at radius 2 is 1.77 bits per heavy atom. The first kappa shape index (κ1) is 32.7. The van der Waals surface area contributed by atoms with E-state index < -0.39 is 11.3 Å². The molecule has 8 nitrogen and oxygen atoms in total. The smallest absolute Gasteiger partial charge is 0.271 e. The van der Waals surface area contributed by atoms with Crippen LogP contribution in [0.1, 0.15) is 47.4 Å². The van der Waals surface area contributed by atoms with Gasteiger partial charge in [-0.15, -0.1) is 12.4 Å². The van der Waals surface area contributed by atoms with Gasteiger partial charge in [0.1, 0.15) is 11.5 Å². The van der Waals surface area contributed by atoms with Crippen LogP contribution in [0.5, 0.6) is 0 Å². The molecule has 1 fully saturated rings. The molecule has 0 bridgehead atoms. The van der Waals surface area contributed by atoms with Crippen molar-refractivity contribution in [2.24, 2.45) is 11.1 Å². The number of pyridine rings is 1. The molecule has 3 heterocycles. The summed E-state index contributed by atoms with van der Waals surface area (Å²) in [7, 11) is 0. The number of carbonyl (C=O) groups excluding carboxylic acids is 3. The zero-order chi connectivity index (χ0) is 30.7. The maximum atomic E-state index is 14.6. The summed E-state index contributed by atoms with van der Waals surface area (Å²) in [5.74, 6) is -1.13. The molecule has 2 aromatic heterocycles. The molecule has 1 aliphatic heterocycles. The lowest BCUT2D eigenvalue weighted by Crippen LogP contribution is -2.54. The number of primary amides is 1. The molecule has 0 saturated carbocycles. The molecule has 4 N–H and O–H groups in total. The van der Waals surface area contributed by atoms with Crippen LogP contribution in [0.25, 0.3) is 16.6 Å². The molecule has 1 aliphatic rings. The van der Waals surface area contributed by atoms with Gasteiger partial charge in [0.05, 0.1) is 10.9 Å². The molecule has 1 atom stereocenters. The fourth-order valence-electron chi connectivity index (χ4n) is 5.62. The number of benzene rings is 2. The van der Waals surface area contributed by atoms with Crippen LogP contribution in [0.4, 0.5) is 4.39 Å². The Morgan fingerprint density at radius 3 is 2.50 bits per heavy atom. The molecule has 5 rings (SSSR count). The third-order valence-corrected chi connectivity index (χ3v) is 8.33. The lowest BCUT2D eigenvalue weighted by Gasteiger charge is -2.34. The predicted molar refractivity (Wildman–Crippen MR) is 172 cm³/mol. The second-order valence-corrected chi connectivity index (χ2v) is 11.9. The zero-order valence-electron chi connectivity index (χ0n) is 25.2. The van der Waals surface area contributed by atoms with Crippen LogP contribution in [-0.4, -0.2) is 59.2 Å². The van der Waals surface area contributed by atoms with E-state index in [9.17, 15) is 18.8 Å². The Hall–Kier alpha value is -4.21. The van der Waals surface area contributed by atoms with Gasteiger partial charge in [0, 0.05) is 56.8 Å². The lowest BCUT2D eigenvalue weighted by atomic mass is 9.92. The minimum absolute atomic E-state index is 0. The molecule has 44 heavy (non-hydrogen) atoms. The highest BCUT2D eigenvalue weighted by atomic mass is 35.5. The van der Waals surface area contributed by atoms with Gasteiger partial charge in [-0.05, 0) is 61.2 Å². The fraction of sp³-hybridized carbons (Fsp3) is 0.324. The number of aromatic nitrogens is 1. The molecular formula is C34H39ClFN5O3. The number of hydrogen-bond acceptors (Lipinski definition) is 4. The van der Waals surface area contributed by atoms with Gasteiger partial charge in [-0.3, -0.25) is 14.4 Å². The Balaban J connectivity index is 0.00000442. The number of fused-ring (bicyclic) bond motifs is 1. The third-order valence-electron chi connectivity index (χ3n) is 8.33. The Kier molecular flexibility index (Phi) is 10.1. The number of nitrogens with two attached hydrogens (primary N) is 1. The molecule has 232 valence electrons. The van der Waals surface area contributed by atoms with E-state index in [0.717, 1.165) is 27.8 Å². The summed E-state index contributed by atoms with van der Waals surface area (Å²) < 4.78 is 16.6. The molecule has 0 aliphatic carbocycles. The van der Waals surface area contributed by atoms with Gasteiger partial charge < -0.3 is 25.7 Å². The van der Waals surface area contributed by atoms with Crippen molar-refractivity contribution in [1.29, 1.82) is 0 Å². The topological polar surface area (TPSA) is 109 Å². The van der Waals surface area contributed by atoms with E-state index >= 15 is 0 Å². The summed E-state index contributed by atoms with van der Waals surface area (Å²) in [4.78, 5) is 40.6. The maximum absolute atomic E-state index is 14.6. The van der Waals surface area contributed by atoms with E-state index in [1.165, 1.54) is 6.07 Å². The second kappa shape index (κ2) is 13.6. The SMILES string of the molecule is Cc1c(F)cccc1Cc1c(-c2ccccc2)c2ccccn2c1C(=O)N1CCN[C@@H](CC(=O)NCC(C)(C)C(N)=O)C1.Cl. The van der Waals surface area contributed by atoms with Crippen LogP contribution in [0, 0.1) is 18.2 Å². The van der Waals surface area contributed by atoms with Crippen molar-refractivity contribution in [2.45, 2.75) is 39.7 Å². The summed E-state index contributed by atoms with van der Waals surface area (Å²) in [6.45, 7) is 6.62. The van der Waals surface area contributed by atoms with Gasteiger partial charge in [0.25, 0.3) is 5.91 Å². The van der Waals surface area contributed by atoms with Crippen molar-refractivity contribution in [3.8, 4) is 11.1 Å². The minimum atomic E-state index is -0.861. The summed E-state index contributed by atoms with van der Waals surface area (Å²) in [5, 5.41) is 6.15. The van der Waals surface area contributed by atoms with Crippen molar-refractivity contribution in [2.75, 3.05) is 26.2 Å². The van der Waals surface area contributed by atoms with Gasteiger partial charge in [0.15, 0.2) is 0 Å². The average Bonchev–Trinajstić information content (AvgIpc) is 3.32. The summed E-state index contributed by atoms with van der Waals surface area (Å²) in [6, 6.07) is 20.6. The summed E-state index contributed by atoms with van der Waals surface area (Å²) in [5.41, 5.74) is 10.1. The number of halogens is 2. The zero-order valence-corrected chi connectivity index (χ0v) is 26.0. The van der Waals surface area contributed by atoms with Crippen LogP contribution in [0.3, 0.4) is 0 Å². The van der Waals surface area contributed by atoms with E-state index in [1.807, 2.05) is 65.2 Å². The number of piperazine rings is 1. The Bertz CT molecular complexity index is 1670. The molecule has 0 spiro atoms. The first-order valence-electron chi connectivity index (χ1n) is 14.6. The molecule has 10 heteroatoms. The largest absolute Gasteiger partial charge is 0.369 e. The molecule has 4 aromatic rings. The average molecular weight is 620 g/mol. The number of nitrogens with one attached hydrogen (secondary N) is 2. The van der Waals surface area contributed by atoms with Gasteiger partial charge in [-0.1, -0.05) is 48.5 Å². The first-order valence-corrected chi connectivity index (χ1v) is 14.6. The number of nitrogens with zero attached hydrogens (tertiary/aromatic N) is 2. The van der Waals surface area contributed by atoms with E-state index in [4.69, 9.17) is 5.73 Å². The number of amides is 3. The summed E-state index contributed by atoms with van der Waals surface area (Å²) in [6.07, 6.45) is 2.42. The van der Waals surface area contributed by atoms with Crippen LogP contribution < -0.4 is 16.4 Å². The fourth-order valence-corrected chi connectivity index (χ4v) is 5.62. The monoisotopic (exact) mass is 619 g/mol. The van der Waals surface area contributed by atoms with Crippen LogP contribution >= 0.6 is 12.4 Å². The van der Waals surface area contributed by atoms with Gasteiger partial charge in [-0.25, -0.2) is 4.39 Å². The van der Waals surface area contributed by atoms with Crippen LogP contribution in [0.2, 0.25) is 0 Å². The molecule has 1 saturated heterocycles. The predicted octanol–water partition coefficient (Wildman–Crippen LogP) is 4.50. The highest BCUT2D eigenvalue weighted by Crippen LogP contribution is 2.36. The van der Waals surface area contributed by atoms with E-state index in [2.05, 4.69) is 10.6 Å². The second-order valence-electron chi connectivity index (χ2n) is 11.9. The van der Waals surface area contributed by atoms with E-state index in [0.29, 0.717) is 37.3 Å². The Morgan fingerprint density at radius 1 is 1.05 bits per heavy atom. The van der Waals surface area contributed by atoms with Crippen molar-refractivity contribution in [1.82, 2.24) is 19.9 Å². The van der Waals surface area contributed by atoms with Crippen molar-refractivity contribution >= 4 is 35.6 Å². The standard InChI is InChI=1S/C34H38FN5O3.ClH/c1-22-24(12-9-13-27(22)35)18-26-30(23-10-5-4-6-11-23)28-14-7-8-16-40(28)31(26)32(42)39-17-15-37-25(20-39)19-29(41)38-21-34(2,3)33(36)43;/h4-14,16,25,37H,15,17-21H2,1-3H3,(H2,36,43)(H,38,41);1H/t25-;/m0./s1. The lowest BCUT2D eigenvalue weighted by molar-refractivity contribution is -0.127. The quantitative estimate of drug-likeness (QED) is 0.256. The molecular weight excluding hydrogens is 581 g/mol. The van der Waals surface area contributed by atoms with E-state index in [-0.39, 0.29) is 49.0 Å². The molecule has 0 radical (unpaired) electrons. The first-order chi connectivity index (χ1) is 20.6. The van der Waals surface area contributed by atoms with Crippen molar-refractivity contribution < 1.29 is 18.8 Å². The maximum Gasteiger partial charge on any atom is 0.271 e. The Labute approximate surface area is 263 Å². The molecule has 2 aromatic carbocycles. The highest BCUT2D eigenvalue weighted by molar-refractivity contribution is 6.01. The third kappa shape index (κ3) is 6.79. The molecule has 3 amide bonds. The van der Waals surface area contributed by atoms with Gasteiger partial charge >= 0.3 is 0 Å². The number of hydrogen-bond donors (Lipinski definition) is 3. The van der Waals surface area contributed by atoms with Crippen molar-refractivity contribution in [3.63, 3.8) is 0 Å². The van der Waals surface area contributed by atoms with Gasteiger partial charge in [-0.2, -0.15) is 0 Å². The number of rotatable bonds is 9. The molecule has 0 unspecified atom stereocenters. The van der Waals surface area contributed by atoms with Crippen LogP contribution in [0.15, 0.2) is 72.9 Å².